The van der Waals surface area contributed by atoms with Crippen molar-refractivity contribution in [1.82, 2.24) is 0 Å². The lowest BCUT2D eigenvalue weighted by atomic mass is 10.0. The van der Waals surface area contributed by atoms with Gasteiger partial charge < -0.3 is 9.80 Å². The number of amides is 1. The number of hydrogen-bond donors (Lipinski definition) is 0. The Hall–Kier alpha value is -1.72. The number of carbonyl (C=O) groups is 1. The lowest BCUT2D eigenvalue weighted by Gasteiger charge is -2.36. The van der Waals surface area contributed by atoms with Gasteiger partial charge in [0.15, 0.2) is 0 Å². The fraction of sp³-hybridized carbons (Fsp3) is 0.588. The summed E-state index contributed by atoms with van der Waals surface area (Å²) in [6, 6.07) is 5.53. The summed E-state index contributed by atoms with van der Waals surface area (Å²) in [7, 11) is 0. The standard InChI is InChI=1S/C17H23F3N2O/c1-4-21(16(23)17(18,19)20)14-8-9-15(12(2)11-14)22-10-6-5-7-13(22)3/h8-9,11,13H,4-7,10H2,1-3H3/t13-/m0/s1. The van der Waals surface area contributed by atoms with E-state index in [0.29, 0.717) is 11.7 Å². The van der Waals surface area contributed by atoms with Crippen LogP contribution in [0.1, 0.15) is 38.7 Å². The van der Waals surface area contributed by atoms with Gasteiger partial charge in [0.25, 0.3) is 0 Å². The molecule has 2 rings (SSSR count). The second-order valence-electron chi connectivity index (χ2n) is 6.06. The number of alkyl halides is 3. The molecule has 0 bridgehead atoms. The van der Waals surface area contributed by atoms with Crippen molar-refractivity contribution in [3.63, 3.8) is 0 Å². The van der Waals surface area contributed by atoms with E-state index in [0.717, 1.165) is 35.5 Å². The minimum absolute atomic E-state index is 0.0166. The Morgan fingerprint density at radius 2 is 2.04 bits per heavy atom. The highest BCUT2D eigenvalue weighted by Gasteiger charge is 2.42. The maximum atomic E-state index is 12.7. The highest BCUT2D eigenvalue weighted by Crippen LogP contribution is 2.31. The van der Waals surface area contributed by atoms with E-state index < -0.39 is 12.1 Å². The van der Waals surface area contributed by atoms with Gasteiger partial charge in [-0.3, -0.25) is 4.79 Å². The molecule has 0 saturated carbocycles. The molecule has 3 nitrogen and oxygen atoms in total. The number of nitrogens with zero attached hydrogens (tertiary/aromatic N) is 2. The molecule has 1 atom stereocenters. The Bertz CT molecular complexity index is 571. The van der Waals surface area contributed by atoms with Crippen molar-refractivity contribution in [1.29, 1.82) is 0 Å². The highest BCUT2D eigenvalue weighted by atomic mass is 19.4. The molecule has 1 saturated heterocycles. The van der Waals surface area contributed by atoms with E-state index in [4.69, 9.17) is 0 Å². The Morgan fingerprint density at radius 1 is 1.35 bits per heavy atom. The van der Waals surface area contributed by atoms with Crippen LogP contribution in [0.3, 0.4) is 0 Å². The van der Waals surface area contributed by atoms with Crippen molar-refractivity contribution < 1.29 is 18.0 Å². The Kier molecular flexibility index (Phi) is 5.22. The van der Waals surface area contributed by atoms with E-state index in [-0.39, 0.29) is 6.54 Å². The molecule has 0 N–H and O–H groups in total. The number of rotatable bonds is 3. The van der Waals surface area contributed by atoms with Crippen molar-refractivity contribution in [2.45, 2.75) is 52.3 Å². The number of benzene rings is 1. The predicted molar refractivity (Wildman–Crippen MR) is 85.9 cm³/mol. The Labute approximate surface area is 135 Å². The van der Waals surface area contributed by atoms with Gasteiger partial charge in [-0.25, -0.2) is 0 Å². The Balaban J connectivity index is 2.29. The topological polar surface area (TPSA) is 23.6 Å². The largest absolute Gasteiger partial charge is 0.471 e. The van der Waals surface area contributed by atoms with Crippen molar-refractivity contribution in [2.24, 2.45) is 0 Å². The fourth-order valence-corrected chi connectivity index (χ4v) is 3.18. The molecule has 1 aromatic carbocycles. The molecule has 1 aliphatic rings. The van der Waals surface area contributed by atoms with Crippen LogP contribution in [0.5, 0.6) is 0 Å². The maximum Gasteiger partial charge on any atom is 0.471 e. The minimum Gasteiger partial charge on any atom is -0.369 e. The molecule has 0 aliphatic carbocycles. The molecule has 1 amide bonds. The van der Waals surface area contributed by atoms with Crippen LogP contribution in [0, 0.1) is 6.92 Å². The van der Waals surface area contributed by atoms with E-state index in [1.54, 1.807) is 19.1 Å². The van der Waals surface area contributed by atoms with Crippen LogP contribution in [0.25, 0.3) is 0 Å². The molecule has 1 aromatic rings. The van der Waals surface area contributed by atoms with Gasteiger partial charge in [-0.1, -0.05) is 0 Å². The maximum absolute atomic E-state index is 12.7. The van der Waals surface area contributed by atoms with Crippen LogP contribution in [0.2, 0.25) is 0 Å². The number of piperidine rings is 1. The summed E-state index contributed by atoms with van der Waals surface area (Å²) < 4.78 is 38.1. The van der Waals surface area contributed by atoms with E-state index in [2.05, 4.69) is 11.8 Å². The van der Waals surface area contributed by atoms with Crippen molar-refractivity contribution in [2.75, 3.05) is 22.9 Å². The first-order valence-corrected chi connectivity index (χ1v) is 8.01. The molecule has 1 aliphatic heterocycles. The van der Waals surface area contributed by atoms with Crippen LogP contribution < -0.4 is 9.80 Å². The number of carbonyl (C=O) groups excluding carboxylic acids is 1. The summed E-state index contributed by atoms with van der Waals surface area (Å²) in [5, 5.41) is 0. The van der Waals surface area contributed by atoms with E-state index >= 15 is 0 Å². The van der Waals surface area contributed by atoms with Crippen LogP contribution >= 0.6 is 0 Å². The number of hydrogen-bond acceptors (Lipinski definition) is 2. The van der Waals surface area contributed by atoms with E-state index in [1.807, 2.05) is 13.0 Å². The number of aryl methyl sites for hydroxylation is 1. The Morgan fingerprint density at radius 3 is 2.57 bits per heavy atom. The van der Waals surface area contributed by atoms with Gasteiger partial charge in [-0.05, 0) is 63.8 Å². The molecule has 0 unspecified atom stereocenters. The van der Waals surface area contributed by atoms with Gasteiger partial charge in [-0.2, -0.15) is 13.2 Å². The van der Waals surface area contributed by atoms with E-state index in [1.165, 1.54) is 6.42 Å². The van der Waals surface area contributed by atoms with Crippen molar-refractivity contribution in [3.05, 3.63) is 23.8 Å². The average Bonchev–Trinajstić information content (AvgIpc) is 2.48. The predicted octanol–water partition coefficient (Wildman–Crippen LogP) is 4.29. The molecule has 6 heteroatoms. The quantitative estimate of drug-likeness (QED) is 0.826. The lowest BCUT2D eigenvalue weighted by Crippen LogP contribution is -2.41. The SMILES string of the molecule is CCN(C(=O)C(F)(F)F)c1ccc(N2CCCC[C@@H]2C)c(C)c1. The molecule has 1 heterocycles. The summed E-state index contributed by atoms with van der Waals surface area (Å²) in [5.41, 5.74) is 2.22. The zero-order valence-corrected chi connectivity index (χ0v) is 13.8. The van der Waals surface area contributed by atoms with E-state index in [9.17, 15) is 18.0 Å². The fourth-order valence-electron chi connectivity index (χ4n) is 3.18. The van der Waals surface area contributed by atoms with Gasteiger partial charge in [0.1, 0.15) is 0 Å². The highest BCUT2D eigenvalue weighted by molar-refractivity contribution is 5.97. The first-order valence-electron chi connectivity index (χ1n) is 8.01. The van der Waals surface area contributed by atoms with Crippen molar-refractivity contribution >= 4 is 17.3 Å². The minimum atomic E-state index is -4.86. The first-order chi connectivity index (χ1) is 10.8. The van der Waals surface area contributed by atoms with Gasteiger partial charge in [0.2, 0.25) is 0 Å². The number of halogens is 3. The van der Waals surface area contributed by atoms with Crippen molar-refractivity contribution in [3.8, 4) is 0 Å². The normalized spacial score (nSPS) is 18.9. The molecular weight excluding hydrogens is 305 g/mol. The monoisotopic (exact) mass is 328 g/mol. The number of anilines is 2. The smallest absolute Gasteiger partial charge is 0.369 e. The zero-order valence-electron chi connectivity index (χ0n) is 13.8. The summed E-state index contributed by atoms with van der Waals surface area (Å²) in [4.78, 5) is 14.6. The third kappa shape index (κ3) is 3.79. The zero-order chi connectivity index (χ0) is 17.2. The summed E-state index contributed by atoms with van der Waals surface area (Å²) in [5.74, 6) is -1.82. The summed E-state index contributed by atoms with van der Waals surface area (Å²) in [6.45, 7) is 6.53. The molecule has 0 radical (unpaired) electrons. The van der Waals surface area contributed by atoms with Crippen LogP contribution in [0.15, 0.2) is 18.2 Å². The third-order valence-corrected chi connectivity index (χ3v) is 4.41. The third-order valence-electron chi connectivity index (χ3n) is 4.41. The second-order valence-corrected chi connectivity index (χ2v) is 6.06. The van der Waals surface area contributed by atoms with Gasteiger partial charge >= 0.3 is 12.1 Å². The second kappa shape index (κ2) is 6.81. The molecule has 23 heavy (non-hydrogen) atoms. The lowest BCUT2D eigenvalue weighted by molar-refractivity contribution is -0.170. The molecule has 0 aromatic heterocycles. The molecule has 0 spiro atoms. The summed E-state index contributed by atoms with van der Waals surface area (Å²) in [6.07, 6.45) is -1.41. The average molecular weight is 328 g/mol. The first kappa shape index (κ1) is 17.6. The molecule has 1 fully saturated rings. The van der Waals surface area contributed by atoms with Crippen LogP contribution in [-0.4, -0.2) is 31.2 Å². The van der Waals surface area contributed by atoms with Crippen LogP contribution in [0.4, 0.5) is 24.5 Å². The molecule has 128 valence electrons. The summed E-state index contributed by atoms with van der Waals surface area (Å²) >= 11 is 0. The van der Waals surface area contributed by atoms with Gasteiger partial charge in [0, 0.05) is 30.5 Å². The van der Waals surface area contributed by atoms with Gasteiger partial charge in [0.05, 0.1) is 0 Å². The van der Waals surface area contributed by atoms with Gasteiger partial charge in [-0.15, -0.1) is 0 Å². The van der Waals surface area contributed by atoms with Crippen LogP contribution in [-0.2, 0) is 4.79 Å². The molecular formula is C17H23F3N2O.